The van der Waals surface area contributed by atoms with Gasteiger partial charge in [-0.05, 0) is 71.9 Å². The Hall–Kier alpha value is -3.60. The van der Waals surface area contributed by atoms with Crippen LogP contribution < -0.4 is 5.32 Å². The van der Waals surface area contributed by atoms with E-state index in [4.69, 9.17) is 0 Å². The van der Waals surface area contributed by atoms with Crippen molar-refractivity contribution in [2.75, 3.05) is 6.54 Å². The lowest BCUT2D eigenvalue weighted by Crippen LogP contribution is -2.21. The van der Waals surface area contributed by atoms with Gasteiger partial charge in [-0.1, -0.05) is 48.6 Å². The number of nitrogens with zero attached hydrogens (tertiary/aromatic N) is 1. The quantitative estimate of drug-likeness (QED) is 0.382. The number of pyridine rings is 1. The molecule has 1 fully saturated rings. The van der Waals surface area contributed by atoms with Crippen LogP contribution in [-0.4, -0.2) is 17.4 Å². The van der Waals surface area contributed by atoms with E-state index in [0.717, 1.165) is 16.7 Å². The molecule has 1 aliphatic rings. The zero-order valence-corrected chi connectivity index (χ0v) is 17.5. The summed E-state index contributed by atoms with van der Waals surface area (Å²) in [5, 5.41) is 2.86. The van der Waals surface area contributed by atoms with Gasteiger partial charge in [-0.3, -0.25) is 9.78 Å². The van der Waals surface area contributed by atoms with Crippen LogP contribution in [0.1, 0.15) is 29.5 Å². The van der Waals surface area contributed by atoms with Crippen LogP contribution in [0.2, 0.25) is 0 Å². The summed E-state index contributed by atoms with van der Waals surface area (Å²) in [4.78, 5) is 16.3. The molecule has 1 saturated carbocycles. The molecule has 0 radical (unpaired) electrons. The summed E-state index contributed by atoms with van der Waals surface area (Å²) in [6.07, 6.45) is 12.2. The number of carbonyl (C=O) groups is 1. The van der Waals surface area contributed by atoms with Crippen LogP contribution in [0.4, 0.5) is 8.78 Å². The fraction of sp³-hybridized carbons (Fsp3) is 0.185. The predicted octanol–water partition coefficient (Wildman–Crippen LogP) is 5.44. The molecule has 3 aromatic rings. The van der Waals surface area contributed by atoms with Crippen LogP contribution in [0.3, 0.4) is 0 Å². The number of nitrogens with one attached hydrogen (secondary N) is 1. The van der Waals surface area contributed by atoms with Gasteiger partial charge in [0.1, 0.15) is 11.6 Å². The largest absolute Gasteiger partial charge is 0.352 e. The van der Waals surface area contributed by atoms with Gasteiger partial charge in [0.25, 0.3) is 0 Å². The van der Waals surface area contributed by atoms with Crippen molar-refractivity contribution in [3.05, 3.63) is 120 Å². The van der Waals surface area contributed by atoms with E-state index in [0.29, 0.717) is 19.4 Å². The summed E-state index contributed by atoms with van der Waals surface area (Å²) in [6.45, 7) is 0.517. The third kappa shape index (κ3) is 4.99. The van der Waals surface area contributed by atoms with Gasteiger partial charge in [0.2, 0.25) is 5.91 Å². The smallest absolute Gasteiger partial charge is 0.243 e. The molecule has 1 atom stereocenters. The average molecular weight is 430 g/mol. The normalized spacial score (nSPS) is 17.0. The van der Waals surface area contributed by atoms with E-state index >= 15 is 0 Å². The molecule has 32 heavy (non-hydrogen) atoms. The summed E-state index contributed by atoms with van der Waals surface area (Å²) in [7, 11) is 0. The van der Waals surface area contributed by atoms with E-state index in [-0.39, 0.29) is 23.5 Å². The summed E-state index contributed by atoms with van der Waals surface area (Å²) in [5.41, 5.74) is 2.07. The number of aromatic nitrogens is 1. The first-order chi connectivity index (χ1) is 15.6. The van der Waals surface area contributed by atoms with Crippen molar-refractivity contribution in [3.63, 3.8) is 0 Å². The zero-order chi connectivity index (χ0) is 22.4. The van der Waals surface area contributed by atoms with E-state index in [1.165, 1.54) is 30.3 Å². The number of hydrogen-bond acceptors (Lipinski definition) is 2. The number of hydrogen-bond donors (Lipinski definition) is 1. The molecule has 1 heterocycles. The van der Waals surface area contributed by atoms with Crippen LogP contribution in [-0.2, 0) is 10.2 Å². The van der Waals surface area contributed by atoms with Crippen LogP contribution in [0.25, 0.3) is 6.08 Å². The maximum Gasteiger partial charge on any atom is 0.243 e. The van der Waals surface area contributed by atoms with Crippen molar-refractivity contribution in [3.8, 4) is 0 Å². The number of amides is 1. The molecule has 5 heteroatoms. The highest BCUT2D eigenvalue weighted by Crippen LogP contribution is 2.59. The minimum absolute atomic E-state index is 0.0117. The van der Waals surface area contributed by atoms with Crippen LogP contribution in [0.5, 0.6) is 0 Å². The molecule has 1 N–H and O–H groups in total. The minimum Gasteiger partial charge on any atom is -0.352 e. The van der Waals surface area contributed by atoms with E-state index in [9.17, 15) is 13.6 Å². The lowest BCUT2D eigenvalue weighted by molar-refractivity contribution is -0.116. The Balaban J connectivity index is 1.38. The van der Waals surface area contributed by atoms with E-state index in [1.54, 1.807) is 24.5 Å². The first kappa shape index (κ1) is 21.6. The molecule has 0 aliphatic heterocycles. The Labute approximate surface area is 186 Å². The summed E-state index contributed by atoms with van der Waals surface area (Å²) >= 11 is 0. The van der Waals surface area contributed by atoms with Gasteiger partial charge in [0, 0.05) is 24.4 Å². The lowest BCUT2D eigenvalue weighted by atomic mass is 9.85. The first-order valence-electron chi connectivity index (χ1n) is 10.6. The number of halogens is 2. The van der Waals surface area contributed by atoms with Gasteiger partial charge >= 0.3 is 0 Å². The maximum atomic E-state index is 13.9. The molecule has 0 spiro atoms. The molecule has 3 nitrogen and oxygen atoms in total. The number of rotatable bonds is 8. The number of benzene rings is 2. The summed E-state index contributed by atoms with van der Waals surface area (Å²) in [6, 6.07) is 16.7. The number of carbonyl (C=O) groups excluding carboxylic acids is 1. The van der Waals surface area contributed by atoms with Crippen LogP contribution in [0.15, 0.2) is 91.3 Å². The molecule has 2 aromatic carbocycles. The van der Waals surface area contributed by atoms with Gasteiger partial charge in [0.15, 0.2) is 0 Å². The summed E-state index contributed by atoms with van der Waals surface area (Å²) in [5.74, 6) is -0.851. The molecule has 0 unspecified atom stereocenters. The molecular weight excluding hydrogens is 406 g/mol. The predicted molar refractivity (Wildman–Crippen MR) is 122 cm³/mol. The second kappa shape index (κ2) is 9.69. The average Bonchev–Trinajstić information content (AvgIpc) is 3.54. The van der Waals surface area contributed by atoms with Crippen LogP contribution >= 0.6 is 0 Å². The molecule has 0 saturated heterocycles. The second-order valence-electron chi connectivity index (χ2n) is 7.93. The molecule has 4 rings (SSSR count). The highest BCUT2D eigenvalue weighted by molar-refractivity contribution is 5.87. The van der Waals surface area contributed by atoms with E-state index in [2.05, 4.69) is 10.3 Å². The molecule has 162 valence electrons. The SMILES string of the molecule is O=C(C=C[C@@H]1CC1(c1cccc(F)c1)c1cccc(F)c1)NCCC=Cc1cccnc1. The van der Waals surface area contributed by atoms with Gasteiger partial charge < -0.3 is 5.32 Å². The zero-order valence-electron chi connectivity index (χ0n) is 17.5. The Bertz CT molecular complexity index is 1100. The standard InChI is InChI=1S/C27H24F2N2O/c28-24-10-3-8-21(16-24)27(22-9-4-11-25(29)17-22)18-23(27)12-13-26(32)31-15-2-1-6-20-7-5-14-30-19-20/h1,3-14,16-17,19,23H,2,15,18H2,(H,31,32)/t23-/m1/s1. The lowest BCUT2D eigenvalue weighted by Gasteiger charge is -2.18. The van der Waals surface area contributed by atoms with Crippen molar-refractivity contribution in [2.24, 2.45) is 5.92 Å². The van der Waals surface area contributed by atoms with Crippen molar-refractivity contribution in [1.82, 2.24) is 10.3 Å². The first-order valence-corrected chi connectivity index (χ1v) is 10.6. The Morgan fingerprint density at radius 1 is 1.06 bits per heavy atom. The monoisotopic (exact) mass is 430 g/mol. The third-order valence-electron chi connectivity index (χ3n) is 5.78. The highest BCUT2D eigenvalue weighted by Gasteiger charge is 2.55. The van der Waals surface area contributed by atoms with Gasteiger partial charge in [0.05, 0.1) is 0 Å². The third-order valence-corrected chi connectivity index (χ3v) is 5.78. The van der Waals surface area contributed by atoms with Crippen LogP contribution in [0, 0.1) is 17.6 Å². The van der Waals surface area contributed by atoms with Crippen molar-refractivity contribution in [2.45, 2.75) is 18.3 Å². The molecule has 0 bridgehead atoms. The summed E-state index contributed by atoms with van der Waals surface area (Å²) < 4.78 is 27.8. The van der Waals surface area contributed by atoms with Gasteiger partial charge in [-0.2, -0.15) is 0 Å². The van der Waals surface area contributed by atoms with E-state index < -0.39 is 5.41 Å². The van der Waals surface area contributed by atoms with Gasteiger partial charge in [-0.25, -0.2) is 8.78 Å². The van der Waals surface area contributed by atoms with Gasteiger partial charge in [-0.15, -0.1) is 0 Å². The number of allylic oxidation sites excluding steroid dienone is 1. The minimum atomic E-state index is -0.520. The maximum absolute atomic E-state index is 13.9. The Kier molecular flexibility index (Phi) is 6.55. The van der Waals surface area contributed by atoms with Crippen molar-refractivity contribution in [1.29, 1.82) is 0 Å². The topological polar surface area (TPSA) is 42.0 Å². The highest BCUT2D eigenvalue weighted by atomic mass is 19.1. The Morgan fingerprint density at radius 2 is 1.78 bits per heavy atom. The van der Waals surface area contributed by atoms with Crippen molar-refractivity contribution < 1.29 is 13.6 Å². The van der Waals surface area contributed by atoms with E-state index in [1.807, 2.05) is 42.5 Å². The molecular formula is C27H24F2N2O. The Morgan fingerprint density at radius 3 is 2.41 bits per heavy atom. The molecule has 1 amide bonds. The molecule has 1 aromatic heterocycles. The fourth-order valence-electron chi connectivity index (χ4n) is 4.12. The second-order valence-corrected chi connectivity index (χ2v) is 7.93. The van der Waals surface area contributed by atoms with Crippen molar-refractivity contribution >= 4 is 12.0 Å². The molecule has 1 aliphatic carbocycles. The fourth-order valence-corrected chi connectivity index (χ4v) is 4.12.